The average Bonchev–Trinajstić information content (AvgIpc) is 3.27. The Morgan fingerprint density at radius 2 is 0.651 bits per heavy atom. The molecule has 0 atom stereocenters. The minimum absolute atomic E-state index is 0.500. The van der Waals surface area contributed by atoms with Crippen LogP contribution in [0.3, 0.4) is 0 Å². The second-order valence-electron chi connectivity index (χ2n) is 11.3. The standard InChI is InChI=1S/C40H35Cl2P/c41-43(42)40(30-35-24-14-5-15-25-35)38(28-33-20-10-3-11-21-33)36(26-31-16-6-1-7-17-31)37(27-32-18-8-2-9-19-32)39(40)29-34-22-12-4-13-23-34/h1-25H,26-30H2. The third-order valence-electron chi connectivity index (χ3n) is 8.58. The van der Waals surface area contributed by atoms with E-state index in [1.54, 1.807) is 0 Å². The molecule has 0 amide bonds. The first kappa shape index (κ1) is 29.7. The Hall–Kier alpha value is -3.41. The lowest BCUT2D eigenvalue weighted by Gasteiger charge is -2.38. The van der Waals surface area contributed by atoms with Gasteiger partial charge in [0.15, 0.2) is 0 Å². The molecule has 214 valence electrons. The van der Waals surface area contributed by atoms with Gasteiger partial charge in [0, 0.05) is 0 Å². The Kier molecular flexibility index (Phi) is 9.60. The van der Waals surface area contributed by atoms with Gasteiger partial charge in [0.1, 0.15) is 6.63 Å². The molecule has 0 spiro atoms. The second kappa shape index (κ2) is 13.9. The van der Waals surface area contributed by atoms with Gasteiger partial charge in [0.2, 0.25) is 0 Å². The Labute approximate surface area is 267 Å². The van der Waals surface area contributed by atoms with Crippen LogP contribution in [-0.4, -0.2) is 5.16 Å². The maximum Gasteiger partial charge on any atom is 0.100 e. The van der Waals surface area contributed by atoms with E-state index in [1.807, 2.05) is 0 Å². The van der Waals surface area contributed by atoms with Crippen molar-refractivity contribution < 1.29 is 0 Å². The fourth-order valence-corrected chi connectivity index (χ4v) is 9.27. The van der Waals surface area contributed by atoms with Gasteiger partial charge < -0.3 is 0 Å². The van der Waals surface area contributed by atoms with Crippen LogP contribution in [-0.2, 0) is 32.1 Å². The molecule has 0 saturated carbocycles. The molecule has 0 radical (unpaired) electrons. The summed E-state index contributed by atoms with van der Waals surface area (Å²) in [7, 11) is 0. The maximum atomic E-state index is 7.41. The molecule has 5 aromatic rings. The summed E-state index contributed by atoms with van der Waals surface area (Å²) in [6.45, 7) is -1.45. The van der Waals surface area contributed by atoms with E-state index < -0.39 is 11.8 Å². The van der Waals surface area contributed by atoms with Crippen molar-refractivity contribution in [1.82, 2.24) is 0 Å². The topological polar surface area (TPSA) is 0 Å². The quantitative estimate of drug-likeness (QED) is 0.129. The van der Waals surface area contributed by atoms with Gasteiger partial charge >= 0.3 is 0 Å². The predicted octanol–water partition coefficient (Wildman–Crippen LogP) is 11.3. The highest BCUT2D eigenvalue weighted by atomic mass is 35.9. The summed E-state index contributed by atoms with van der Waals surface area (Å²) in [6.07, 6.45) is 4.08. The minimum atomic E-state index is -1.45. The molecule has 5 aromatic carbocycles. The average molecular weight is 618 g/mol. The molecule has 0 bridgehead atoms. The smallest absolute Gasteiger partial charge is 0.0768 e. The normalized spacial score (nSPS) is 14.5. The SMILES string of the molecule is ClP(Cl)C1(Cc2ccccc2)C(Cc2ccccc2)=C(Cc2ccccc2)C(Cc2ccccc2)=C1Cc1ccccc1. The summed E-state index contributed by atoms with van der Waals surface area (Å²) in [5.74, 6) is 0. The molecular weight excluding hydrogens is 582 g/mol. The molecule has 0 unspecified atom stereocenters. The van der Waals surface area contributed by atoms with Crippen LogP contribution in [0.25, 0.3) is 0 Å². The highest BCUT2D eigenvalue weighted by molar-refractivity contribution is 8.05. The molecule has 0 N–H and O–H groups in total. The van der Waals surface area contributed by atoms with Crippen molar-refractivity contribution in [1.29, 1.82) is 0 Å². The van der Waals surface area contributed by atoms with Gasteiger partial charge in [0.25, 0.3) is 0 Å². The lowest BCUT2D eigenvalue weighted by molar-refractivity contribution is 0.724. The van der Waals surface area contributed by atoms with Gasteiger partial charge in [0.05, 0.1) is 5.16 Å². The highest BCUT2D eigenvalue weighted by Gasteiger charge is 2.50. The molecular formula is C40H35Cl2P. The van der Waals surface area contributed by atoms with Gasteiger partial charge in [-0.2, -0.15) is 0 Å². The molecule has 0 nitrogen and oxygen atoms in total. The van der Waals surface area contributed by atoms with Gasteiger partial charge in [-0.25, -0.2) is 0 Å². The molecule has 6 rings (SSSR count). The summed E-state index contributed by atoms with van der Waals surface area (Å²) in [5, 5.41) is -0.500. The van der Waals surface area contributed by atoms with E-state index in [2.05, 4.69) is 152 Å². The first-order valence-corrected chi connectivity index (χ1v) is 18.1. The lowest BCUT2D eigenvalue weighted by atomic mass is 9.81. The van der Waals surface area contributed by atoms with Crippen LogP contribution in [0, 0.1) is 0 Å². The number of rotatable bonds is 11. The first-order valence-electron chi connectivity index (χ1n) is 14.9. The van der Waals surface area contributed by atoms with Crippen molar-refractivity contribution in [3.8, 4) is 0 Å². The van der Waals surface area contributed by atoms with Gasteiger partial charge in [-0.3, -0.25) is 0 Å². The van der Waals surface area contributed by atoms with Crippen molar-refractivity contribution in [3.05, 3.63) is 202 Å². The molecule has 1 aliphatic carbocycles. The van der Waals surface area contributed by atoms with Crippen molar-refractivity contribution >= 4 is 29.1 Å². The lowest BCUT2D eigenvalue weighted by Crippen LogP contribution is -2.33. The number of benzene rings is 5. The van der Waals surface area contributed by atoms with Crippen molar-refractivity contribution in [2.45, 2.75) is 37.3 Å². The Morgan fingerprint density at radius 3 is 0.953 bits per heavy atom. The molecule has 0 aromatic heterocycles. The van der Waals surface area contributed by atoms with Crippen LogP contribution >= 0.6 is 29.1 Å². The summed E-state index contributed by atoms with van der Waals surface area (Å²) >= 11 is 14.8. The zero-order chi connectivity index (χ0) is 29.5. The number of hydrogen-bond donors (Lipinski definition) is 0. The zero-order valence-electron chi connectivity index (χ0n) is 24.2. The summed E-state index contributed by atoms with van der Waals surface area (Å²) < 4.78 is 0. The Bertz CT molecular complexity index is 1570. The first-order chi connectivity index (χ1) is 21.1. The fourth-order valence-electron chi connectivity index (χ4n) is 6.55. The Balaban J connectivity index is 1.63. The zero-order valence-corrected chi connectivity index (χ0v) is 26.6. The van der Waals surface area contributed by atoms with Crippen LogP contribution in [0.4, 0.5) is 0 Å². The number of hydrogen-bond acceptors (Lipinski definition) is 0. The molecule has 3 heteroatoms. The van der Waals surface area contributed by atoms with Crippen LogP contribution in [0.5, 0.6) is 0 Å². The van der Waals surface area contributed by atoms with Crippen LogP contribution in [0.15, 0.2) is 174 Å². The monoisotopic (exact) mass is 616 g/mol. The number of halogens is 2. The van der Waals surface area contributed by atoms with Crippen molar-refractivity contribution in [2.75, 3.05) is 0 Å². The maximum absolute atomic E-state index is 7.41. The van der Waals surface area contributed by atoms with Crippen LogP contribution in [0.2, 0.25) is 0 Å². The molecule has 0 fully saturated rings. The molecule has 0 saturated heterocycles. The third kappa shape index (κ3) is 6.73. The molecule has 0 heterocycles. The van der Waals surface area contributed by atoms with E-state index in [0.29, 0.717) is 0 Å². The molecule has 1 aliphatic rings. The third-order valence-corrected chi connectivity index (χ3v) is 11.6. The second-order valence-corrected chi connectivity index (χ2v) is 15.1. The Morgan fingerprint density at radius 1 is 0.372 bits per heavy atom. The highest BCUT2D eigenvalue weighted by Crippen LogP contribution is 2.70. The van der Waals surface area contributed by atoms with E-state index in [9.17, 15) is 0 Å². The summed E-state index contributed by atoms with van der Waals surface area (Å²) in [6, 6.07) is 54.1. The minimum Gasteiger partial charge on any atom is -0.0768 e. The largest absolute Gasteiger partial charge is 0.100 e. The van der Waals surface area contributed by atoms with Gasteiger partial charge in [-0.1, -0.05) is 174 Å². The van der Waals surface area contributed by atoms with Gasteiger partial charge in [-0.15, -0.1) is 0 Å². The molecule has 0 aliphatic heterocycles. The van der Waals surface area contributed by atoms with Gasteiger partial charge in [-0.05, 0) is 82.2 Å². The van der Waals surface area contributed by atoms with Crippen LogP contribution in [0.1, 0.15) is 27.8 Å². The van der Waals surface area contributed by atoms with E-state index >= 15 is 0 Å². The fraction of sp³-hybridized carbons (Fsp3) is 0.150. The predicted molar refractivity (Wildman–Crippen MR) is 186 cm³/mol. The summed E-state index contributed by atoms with van der Waals surface area (Å²) in [5.41, 5.74) is 12.0. The van der Waals surface area contributed by atoms with E-state index in [-0.39, 0.29) is 0 Å². The van der Waals surface area contributed by atoms with E-state index in [1.165, 1.54) is 50.1 Å². The van der Waals surface area contributed by atoms with E-state index in [4.69, 9.17) is 22.5 Å². The summed E-state index contributed by atoms with van der Waals surface area (Å²) in [4.78, 5) is 0. The van der Waals surface area contributed by atoms with Crippen molar-refractivity contribution in [2.24, 2.45) is 0 Å². The van der Waals surface area contributed by atoms with Crippen LogP contribution < -0.4 is 0 Å². The number of allylic oxidation sites excluding steroid dienone is 4. The molecule has 43 heavy (non-hydrogen) atoms. The van der Waals surface area contributed by atoms with E-state index in [0.717, 1.165) is 32.1 Å². The van der Waals surface area contributed by atoms with Crippen molar-refractivity contribution in [3.63, 3.8) is 0 Å².